The van der Waals surface area contributed by atoms with Gasteiger partial charge in [-0.05, 0) is 44.1 Å². The van der Waals surface area contributed by atoms with Gasteiger partial charge in [-0.3, -0.25) is 4.79 Å². The lowest BCUT2D eigenvalue weighted by Gasteiger charge is -2.42. The van der Waals surface area contributed by atoms with Crippen molar-refractivity contribution < 1.29 is 17.7 Å². The molecule has 34 heavy (non-hydrogen) atoms. The van der Waals surface area contributed by atoms with Gasteiger partial charge in [0.05, 0.1) is 0 Å². The predicted molar refractivity (Wildman–Crippen MR) is 125 cm³/mol. The molecule has 2 aromatic rings. The number of rotatable bonds is 6. The number of fused-ring (bicyclic) bond motifs is 2. The van der Waals surface area contributed by atoms with Crippen LogP contribution in [0.2, 0.25) is 0 Å². The van der Waals surface area contributed by atoms with Crippen LogP contribution in [0, 0.1) is 0 Å². The Bertz CT molecular complexity index is 1140. The average molecular weight is 486 g/mol. The fourth-order valence-electron chi connectivity index (χ4n) is 5.82. The highest BCUT2D eigenvalue weighted by Crippen LogP contribution is 2.41. The van der Waals surface area contributed by atoms with E-state index in [1.54, 1.807) is 14.7 Å². The summed E-state index contributed by atoms with van der Waals surface area (Å²) in [7, 11) is -3.58. The van der Waals surface area contributed by atoms with Crippen LogP contribution in [0.5, 0.6) is 0 Å². The van der Waals surface area contributed by atoms with Crippen molar-refractivity contribution >= 4 is 16.1 Å². The Hall–Kier alpha value is -2.27. The largest absolute Gasteiger partial charge is 0.360 e. The Kier molecular flexibility index (Phi) is 5.71. The topological polar surface area (TPSA) is 108 Å². The van der Waals surface area contributed by atoms with Crippen molar-refractivity contribution in [3.63, 3.8) is 0 Å². The van der Waals surface area contributed by atoms with E-state index in [1.165, 1.54) is 0 Å². The highest BCUT2D eigenvalue weighted by Gasteiger charge is 2.49. The molecule has 4 atom stereocenters. The van der Waals surface area contributed by atoms with Crippen LogP contribution in [0.25, 0.3) is 0 Å². The smallest absolute Gasteiger partial charge is 0.282 e. The highest BCUT2D eigenvalue weighted by atomic mass is 32.2. The van der Waals surface area contributed by atoms with Crippen molar-refractivity contribution in [3.8, 4) is 0 Å². The molecule has 2 N–H and O–H groups in total. The fourth-order valence-corrected chi connectivity index (χ4v) is 7.88. The molecule has 1 aromatic carbocycles. The van der Waals surface area contributed by atoms with Gasteiger partial charge in [-0.25, -0.2) is 0 Å². The second-order valence-electron chi connectivity index (χ2n) is 10.0. The first-order chi connectivity index (χ1) is 16.5. The second-order valence-corrected chi connectivity index (χ2v) is 11.9. The van der Waals surface area contributed by atoms with Crippen molar-refractivity contribution in [1.82, 2.24) is 24.4 Å². The van der Waals surface area contributed by atoms with Crippen LogP contribution in [0.15, 0.2) is 40.9 Å². The second kappa shape index (κ2) is 8.75. The molecule has 9 nitrogen and oxygen atoms in total. The summed E-state index contributed by atoms with van der Waals surface area (Å²) in [6.45, 7) is 1.52. The maximum absolute atomic E-state index is 13.7. The Labute approximate surface area is 200 Å². The Morgan fingerprint density at radius 1 is 1.09 bits per heavy atom. The summed E-state index contributed by atoms with van der Waals surface area (Å²) < 4.78 is 36.1. The summed E-state index contributed by atoms with van der Waals surface area (Å²) in [6.07, 6.45) is 5.10. The average Bonchev–Trinajstić information content (AvgIpc) is 3.51. The summed E-state index contributed by atoms with van der Waals surface area (Å²) >= 11 is 0. The number of benzene rings is 1. The molecule has 1 unspecified atom stereocenters. The zero-order valence-electron chi connectivity index (χ0n) is 19.1. The van der Waals surface area contributed by atoms with E-state index in [1.807, 2.05) is 30.3 Å². The first kappa shape index (κ1) is 22.2. The van der Waals surface area contributed by atoms with Crippen molar-refractivity contribution in [1.29, 1.82) is 0 Å². The van der Waals surface area contributed by atoms with Crippen LogP contribution in [0.3, 0.4) is 0 Å². The van der Waals surface area contributed by atoms with E-state index in [9.17, 15) is 13.2 Å². The molecule has 0 radical (unpaired) electrons. The van der Waals surface area contributed by atoms with Crippen LogP contribution in [0.4, 0.5) is 0 Å². The molecule has 3 aliphatic heterocycles. The van der Waals surface area contributed by atoms with Gasteiger partial charge in [0.15, 0.2) is 5.69 Å². The molecule has 1 amide bonds. The SMILES string of the molecule is O=C(N[C@H]1C[C@H]2CC[C@@H](C1)N2S(=O)(=O)N1CCNC(c2ccccc2)C1)c1cc(C2CC2)on1. The normalized spacial score (nSPS) is 30.4. The van der Waals surface area contributed by atoms with Gasteiger partial charge in [-0.15, -0.1) is 0 Å². The lowest BCUT2D eigenvalue weighted by atomic mass is 9.99. The Balaban J connectivity index is 1.12. The third kappa shape index (κ3) is 4.17. The van der Waals surface area contributed by atoms with Gasteiger partial charge in [0.1, 0.15) is 5.76 Å². The van der Waals surface area contributed by atoms with Gasteiger partial charge in [-0.2, -0.15) is 17.0 Å². The maximum Gasteiger partial charge on any atom is 0.282 e. The van der Waals surface area contributed by atoms with Crippen molar-refractivity contribution in [2.24, 2.45) is 0 Å². The molecule has 3 saturated heterocycles. The first-order valence-corrected chi connectivity index (χ1v) is 13.7. The summed E-state index contributed by atoms with van der Waals surface area (Å²) in [6, 6.07) is 11.5. The molecule has 2 bridgehead atoms. The third-order valence-corrected chi connectivity index (χ3v) is 9.79. The molecule has 4 aliphatic rings. The van der Waals surface area contributed by atoms with E-state index in [2.05, 4.69) is 15.8 Å². The van der Waals surface area contributed by atoms with E-state index in [0.717, 1.165) is 37.0 Å². The quantitative estimate of drug-likeness (QED) is 0.649. The van der Waals surface area contributed by atoms with Crippen molar-refractivity contribution in [2.75, 3.05) is 19.6 Å². The van der Waals surface area contributed by atoms with Crippen molar-refractivity contribution in [2.45, 2.75) is 68.6 Å². The minimum Gasteiger partial charge on any atom is -0.360 e. The summed E-state index contributed by atoms with van der Waals surface area (Å²) in [4.78, 5) is 12.7. The summed E-state index contributed by atoms with van der Waals surface area (Å²) in [5.74, 6) is 0.963. The maximum atomic E-state index is 13.7. The Morgan fingerprint density at radius 3 is 2.53 bits per heavy atom. The third-order valence-electron chi connectivity index (χ3n) is 7.67. The summed E-state index contributed by atoms with van der Waals surface area (Å²) in [5, 5.41) is 10.5. The highest BCUT2D eigenvalue weighted by molar-refractivity contribution is 7.86. The lowest BCUT2D eigenvalue weighted by Crippen LogP contribution is -2.58. The number of nitrogens with one attached hydrogen (secondary N) is 2. The summed E-state index contributed by atoms with van der Waals surface area (Å²) in [5.41, 5.74) is 1.42. The fraction of sp³-hybridized carbons (Fsp3) is 0.583. The van der Waals surface area contributed by atoms with Gasteiger partial charge in [0.25, 0.3) is 16.1 Å². The molecule has 6 rings (SSSR count). The standard InChI is InChI=1S/C24H31N5O4S/c30-24(21-14-23(33-27-21)17-6-7-17)26-18-12-19-8-9-20(13-18)29(19)34(31,32)28-11-10-25-22(15-28)16-4-2-1-3-5-16/h1-5,14,17-20,22,25H,6-13,15H2,(H,26,30)/t18-,19+,20-,22?. The van der Waals surface area contributed by atoms with E-state index in [-0.39, 0.29) is 30.1 Å². The number of carbonyl (C=O) groups excluding carboxylic acids is 1. The molecule has 0 spiro atoms. The molecule has 1 aliphatic carbocycles. The van der Waals surface area contributed by atoms with Crippen LogP contribution >= 0.6 is 0 Å². The van der Waals surface area contributed by atoms with E-state index >= 15 is 0 Å². The van der Waals surface area contributed by atoms with E-state index < -0.39 is 10.2 Å². The van der Waals surface area contributed by atoms with Crippen LogP contribution in [0.1, 0.15) is 72.3 Å². The molecule has 1 aromatic heterocycles. The number of piperidine rings is 1. The Morgan fingerprint density at radius 2 is 1.82 bits per heavy atom. The minimum absolute atomic E-state index is 0.0119. The molecular formula is C24H31N5O4S. The minimum atomic E-state index is -3.58. The van der Waals surface area contributed by atoms with E-state index in [0.29, 0.717) is 44.1 Å². The van der Waals surface area contributed by atoms with E-state index in [4.69, 9.17) is 4.52 Å². The number of carbonyl (C=O) groups is 1. The number of aromatic nitrogens is 1. The number of piperazine rings is 1. The molecule has 182 valence electrons. The van der Waals surface area contributed by atoms with Crippen LogP contribution in [-0.4, -0.2) is 65.9 Å². The first-order valence-electron chi connectivity index (χ1n) is 12.3. The van der Waals surface area contributed by atoms with Gasteiger partial charge in [0.2, 0.25) is 0 Å². The van der Waals surface area contributed by atoms with Crippen LogP contribution in [-0.2, 0) is 10.2 Å². The molecular weight excluding hydrogens is 454 g/mol. The van der Waals surface area contributed by atoms with Gasteiger partial charge >= 0.3 is 0 Å². The van der Waals surface area contributed by atoms with Crippen LogP contribution < -0.4 is 10.6 Å². The predicted octanol–water partition coefficient (Wildman–Crippen LogP) is 2.17. The van der Waals surface area contributed by atoms with Gasteiger partial charge in [-0.1, -0.05) is 35.5 Å². The zero-order valence-corrected chi connectivity index (χ0v) is 19.9. The molecule has 4 fully saturated rings. The lowest BCUT2D eigenvalue weighted by molar-refractivity contribution is 0.0897. The molecule has 4 heterocycles. The number of nitrogens with zero attached hydrogens (tertiary/aromatic N) is 3. The number of amides is 1. The zero-order chi connectivity index (χ0) is 23.3. The number of hydrogen-bond acceptors (Lipinski definition) is 6. The van der Waals surface area contributed by atoms with Crippen molar-refractivity contribution in [3.05, 3.63) is 53.4 Å². The molecule has 10 heteroatoms. The molecule has 1 saturated carbocycles. The monoisotopic (exact) mass is 485 g/mol. The van der Waals surface area contributed by atoms with Gasteiger partial charge < -0.3 is 15.2 Å². The number of hydrogen-bond donors (Lipinski definition) is 2. The van der Waals surface area contributed by atoms with Gasteiger partial charge in [0, 0.05) is 55.8 Å².